The van der Waals surface area contributed by atoms with E-state index in [1.807, 2.05) is 0 Å². The molecule has 0 amide bonds. The topological polar surface area (TPSA) is 41.9 Å². The van der Waals surface area contributed by atoms with Gasteiger partial charge in [-0.1, -0.05) is 0 Å². The van der Waals surface area contributed by atoms with Gasteiger partial charge in [0.05, 0.1) is 5.51 Å². The Kier molecular flexibility index (Phi) is 3.16. The number of hydrogen-bond donors (Lipinski definition) is 0. The first-order valence-electron chi connectivity index (χ1n) is 4.78. The zero-order valence-electron chi connectivity index (χ0n) is 8.57. The number of rotatable bonds is 3. The van der Waals surface area contributed by atoms with Crippen LogP contribution in [0.3, 0.4) is 0 Å². The van der Waals surface area contributed by atoms with Gasteiger partial charge >= 0.3 is 0 Å². The fraction of sp³-hybridized carbons (Fsp3) is 0.444. The van der Waals surface area contributed by atoms with Crippen LogP contribution in [-0.4, -0.2) is 28.0 Å². The van der Waals surface area contributed by atoms with Gasteiger partial charge in [0.1, 0.15) is 4.70 Å². The Morgan fingerprint density at radius 2 is 2.07 bits per heavy atom. The molecule has 0 aromatic carbocycles. The van der Waals surface area contributed by atoms with Gasteiger partial charge in [0, 0.05) is 13.1 Å². The molecule has 0 N–H and O–H groups in total. The number of anilines is 1. The minimum atomic E-state index is 0.600. The van der Waals surface area contributed by atoms with Crippen molar-refractivity contribution in [2.75, 3.05) is 18.0 Å². The molecule has 0 aliphatic carbocycles. The standard InChI is InChI=1S/C9H11BrN4S/c1-3-14(4-2)8-6-7(11-5-15-6)12-9(10)13-8/h5H,3-4H2,1-2H3. The summed E-state index contributed by atoms with van der Waals surface area (Å²) >= 11 is 4.89. The van der Waals surface area contributed by atoms with Crippen molar-refractivity contribution < 1.29 is 0 Å². The van der Waals surface area contributed by atoms with Crippen molar-refractivity contribution in [1.29, 1.82) is 0 Å². The highest BCUT2D eigenvalue weighted by Gasteiger charge is 2.13. The van der Waals surface area contributed by atoms with E-state index in [4.69, 9.17) is 0 Å². The highest BCUT2D eigenvalue weighted by Crippen LogP contribution is 2.27. The Morgan fingerprint density at radius 1 is 1.33 bits per heavy atom. The van der Waals surface area contributed by atoms with Gasteiger partial charge in [-0.05, 0) is 29.8 Å². The van der Waals surface area contributed by atoms with Gasteiger partial charge in [-0.3, -0.25) is 0 Å². The van der Waals surface area contributed by atoms with Crippen LogP contribution in [0.4, 0.5) is 5.82 Å². The van der Waals surface area contributed by atoms with E-state index in [2.05, 4.69) is 49.6 Å². The van der Waals surface area contributed by atoms with Crippen LogP contribution in [0.15, 0.2) is 10.2 Å². The molecule has 0 saturated carbocycles. The molecule has 0 fully saturated rings. The molecule has 0 bridgehead atoms. The first-order chi connectivity index (χ1) is 7.26. The van der Waals surface area contributed by atoms with Crippen LogP contribution in [0.25, 0.3) is 10.3 Å². The van der Waals surface area contributed by atoms with Crippen LogP contribution < -0.4 is 4.90 Å². The molecule has 2 rings (SSSR count). The molecule has 4 nitrogen and oxygen atoms in total. The normalized spacial score (nSPS) is 10.9. The number of hydrogen-bond acceptors (Lipinski definition) is 5. The van der Waals surface area contributed by atoms with Crippen LogP contribution in [0.2, 0.25) is 0 Å². The van der Waals surface area contributed by atoms with Crippen molar-refractivity contribution >= 4 is 43.4 Å². The summed E-state index contributed by atoms with van der Waals surface area (Å²) in [5.41, 5.74) is 2.57. The molecular weight excluding hydrogens is 276 g/mol. The van der Waals surface area contributed by atoms with Crippen molar-refractivity contribution in [3.8, 4) is 0 Å². The van der Waals surface area contributed by atoms with Gasteiger partial charge in [0.25, 0.3) is 0 Å². The molecule has 0 atom stereocenters. The predicted octanol–water partition coefficient (Wildman–Crippen LogP) is 2.70. The lowest BCUT2D eigenvalue weighted by atomic mass is 10.4. The summed E-state index contributed by atoms with van der Waals surface area (Å²) in [7, 11) is 0. The average Bonchev–Trinajstić information content (AvgIpc) is 2.67. The summed E-state index contributed by atoms with van der Waals surface area (Å²) in [4.78, 5) is 15.0. The number of halogens is 1. The van der Waals surface area contributed by atoms with Crippen molar-refractivity contribution in [3.05, 3.63) is 10.2 Å². The molecule has 2 aromatic rings. The predicted molar refractivity (Wildman–Crippen MR) is 66.5 cm³/mol. The molecule has 2 aromatic heterocycles. The Balaban J connectivity index is 2.61. The molecule has 15 heavy (non-hydrogen) atoms. The maximum Gasteiger partial charge on any atom is 0.200 e. The first kappa shape index (κ1) is 10.8. The molecule has 0 aliphatic heterocycles. The zero-order valence-corrected chi connectivity index (χ0v) is 11.0. The lowest BCUT2D eigenvalue weighted by Gasteiger charge is -2.19. The molecule has 2 heterocycles. The van der Waals surface area contributed by atoms with Crippen LogP contribution >= 0.6 is 27.3 Å². The molecule has 0 aliphatic rings. The number of thiazole rings is 1. The van der Waals surface area contributed by atoms with Crippen molar-refractivity contribution in [2.45, 2.75) is 13.8 Å². The number of fused-ring (bicyclic) bond motifs is 1. The van der Waals surface area contributed by atoms with Crippen LogP contribution in [-0.2, 0) is 0 Å². The molecular formula is C9H11BrN4S. The highest BCUT2D eigenvalue weighted by atomic mass is 79.9. The fourth-order valence-corrected chi connectivity index (χ4v) is 2.54. The smallest absolute Gasteiger partial charge is 0.200 e. The Bertz CT molecular complexity index is 466. The molecule has 0 unspecified atom stereocenters. The van der Waals surface area contributed by atoms with Gasteiger partial charge in [-0.25, -0.2) is 15.0 Å². The summed E-state index contributed by atoms with van der Waals surface area (Å²) in [6, 6.07) is 0. The third kappa shape index (κ3) is 1.96. The maximum absolute atomic E-state index is 4.42. The minimum Gasteiger partial charge on any atom is -0.356 e. The average molecular weight is 287 g/mol. The molecule has 6 heteroatoms. The van der Waals surface area contributed by atoms with E-state index in [0.717, 1.165) is 29.3 Å². The second-order valence-corrected chi connectivity index (χ2v) is 4.56. The van der Waals surface area contributed by atoms with E-state index in [0.29, 0.717) is 4.73 Å². The summed E-state index contributed by atoms with van der Waals surface area (Å²) in [6.45, 7) is 6.11. The Hall–Kier alpha value is -0.750. The van der Waals surface area contributed by atoms with Crippen molar-refractivity contribution in [2.24, 2.45) is 0 Å². The van der Waals surface area contributed by atoms with Crippen LogP contribution in [0.5, 0.6) is 0 Å². The summed E-state index contributed by atoms with van der Waals surface area (Å²) in [5.74, 6) is 0.972. The quantitative estimate of drug-likeness (QED) is 0.814. The largest absolute Gasteiger partial charge is 0.356 e. The molecule has 80 valence electrons. The minimum absolute atomic E-state index is 0.600. The third-order valence-electron chi connectivity index (χ3n) is 2.21. The van der Waals surface area contributed by atoms with E-state index in [-0.39, 0.29) is 0 Å². The van der Waals surface area contributed by atoms with Gasteiger partial charge in [-0.2, -0.15) is 0 Å². The zero-order chi connectivity index (χ0) is 10.8. The number of aromatic nitrogens is 3. The SMILES string of the molecule is CCN(CC)c1nc(Br)nc2ncsc12. The van der Waals surface area contributed by atoms with E-state index in [1.54, 1.807) is 16.8 Å². The van der Waals surface area contributed by atoms with Crippen LogP contribution in [0.1, 0.15) is 13.8 Å². The molecule has 0 radical (unpaired) electrons. The second kappa shape index (κ2) is 4.40. The Morgan fingerprint density at radius 3 is 2.73 bits per heavy atom. The van der Waals surface area contributed by atoms with E-state index >= 15 is 0 Å². The van der Waals surface area contributed by atoms with Gasteiger partial charge < -0.3 is 4.90 Å². The monoisotopic (exact) mass is 286 g/mol. The van der Waals surface area contributed by atoms with Crippen molar-refractivity contribution in [1.82, 2.24) is 15.0 Å². The summed E-state index contributed by atoms with van der Waals surface area (Å²) < 4.78 is 1.66. The summed E-state index contributed by atoms with van der Waals surface area (Å²) in [6.07, 6.45) is 0. The van der Waals surface area contributed by atoms with Gasteiger partial charge in [0.2, 0.25) is 4.73 Å². The van der Waals surface area contributed by atoms with E-state index in [9.17, 15) is 0 Å². The molecule has 0 saturated heterocycles. The lowest BCUT2D eigenvalue weighted by Crippen LogP contribution is -2.23. The molecule has 0 spiro atoms. The number of nitrogens with zero attached hydrogens (tertiary/aromatic N) is 4. The third-order valence-corrected chi connectivity index (χ3v) is 3.38. The van der Waals surface area contributed by atoms with E-state index in [1.165, 1.54) is 0 Å². The van der Waals surface area contributed by atoms with E-state index < -0.39 is 0 Å². The first-order valence-corrected chi connectivity index (χ1v) is 6.45. The lowest BCUT2D eigenvalue weighted by molar-refractivity contribution is 0.846. The highest BCUT2D eigenvalue weighted by molar-refractivity contribution is 9.10. The fourth-order valence-electron chi connectivity index (χ4n) is 1.46. The second-order valence-electron chi connectivity index (χ2n) is 2.99. The van der Waals surface area contributed by atoms with Crippen molar-refractivity contribution in [3.63, 3.8) is 0 Å². The van der Waals surface area contributed by atoms with Gasteiger partial charge in [-0.15, -0.1) is 11.3 Å². The van der Waals surface area contributed by atoms with Crippen LogP contribution in [0, 0.1) is 0 Å². The van der Waals surface area contributed by atoms with Gasteiger partial charge in [0.15, 0.2) is 11.5 Å². The summed E-state index contributed by atoms with van der Waals surface area (Å²) in [5, 5.41) is 0. The maximum atomic E-state index is 4.42. The Labute approximate surface area is 100 Å².